The zero-order chi connectivity index (χ0) is 10.7. The summed E-state index contributed by atoms with van der Waals surface area (Å²) in [6.45, 7) is 0. The van der Waals surface area contributed by atoms with E-state index in [4.69, 9.17) is 16.3 Å². The van der Waals surface area contributed by atoms with Crippen molar-refractivity contribution >= 4 is 22.9 Å². The lowest BCUT2D eigenvalue weighted by atomic mass is 10.4. The summed E-state index contributed by atoms with van der Waals surface area (Å²) < 4.78 is 5.01. The van der Waals surface area contributed by atoms with Gasteiger partial charge in [-0.25, -0.2) is 15.0 Å². The van der Waals surface area contributed by atoms with Crippen LogP contribution in [-0.2, 0) is 5.88 Å². The number of hydrogen-bond donors (Lipinski definition) is 0. The van der Waals surface area contributed by atoms with Crippen molar-refractivity contribution < 1.29 is 4.74 Å². The van der Waals surface area contributed by atoms with Crippen molar-refractivity contribution in [3.05, 3.63) is 23.5 Å². The first-order valence-electron chi connectivity index (χ1n) is 4.20. The van der Waals surface area contributed by atoms with Gasteiger partial charge >= 0.3 is 0 Å². The van der Waals surface area contributed by atoms with Crippen LogP contribution < -0.4 is 4.74 Å². The Balaban J connectivity index is 2.35. The normalized spacial score (nSPS) is 10.3. The minimum Gasteiger partial charge on any atom is -0.481 e. The molecule has 0 saturated carbocycles. The quantitative estimate of drug-likeness (QED) is 0.774. The van der Waals surface area contributed by atoms with Crippen molar-refractivity contribution in [2.45, 2.75) is 5.88 Å². The Morgan fingerprint density at radius 1 is 1.40 bits per heavy atom. The summed E-state index contributed by atoms with van der Waals surface area (Å²) in [5, 5.41) is 0.825. The summed E-state index contributed by atoms with van der Waals surface area (Å²) >= 11 is 7.22. The monoisotopic (exact) mass is 241 g/mol. The van der Waals surface area contributed by atoms with Gasteiger partial charge in [-0.05, 0) is 0 Å². The van der Waals surface area contributed by atoms with Crippen LogP contribution >= 0.6 is 22.9 Å². The standard InChI is InChI=1S/C9H8ClN3OS/c1-14-8-2-7(12-5-13-8)9-11-4-6(3-10)15-9/h2,4-5H,3H2,1H3. The highest BCUT2D eigenvalue weighted by atomic mass is 35.5. The van der Waals surface area contributed by atoms with Gasteiger partial charge in [-0.1, -0.05) is 0 Å². The van der Waals surface area contributed by atoms with E-state index in [0.717, 1.165) is 15.6 Å². The molecular formula is C9H8ClN3OS. The number of halogens is 1. The zero-order valence-electron chi connectivity index (χ0n) is 7.98. The molecule has 0 aromatic carbocycles. The molecule has 2 heterocycles. The summed E-state index contributed by atoms with van der Waals surface area (Å²) in [5.41, 5.74) is 0.753. The third-order valence-electron chi connectivity index (χ3n) is 1.76. The zero-order valence-corrected chi connectivity index (χ0v) is 9.55. The number of thiazole rings is 1. The smallest absolute Gasteiger partial charge is 0.216 e. The van der Waals surface area contributed by atoms with Gasteiger partial charge in [0.1, 0.15) is 17.0 Å². The summed E-state index contributed by atoms with van der Waals surface area (Å²) in [5.74, 6) is 1.00. The molecule has 0 atom stereocenters. The molecule has 0 aliphatic carbocycles. The molecule has 2 aromatic rings. The van der Waals surface area contributed by atoms with Crippen LogP contribution in [0.1, 0.15) is 4.88 Å². The Kier molecular flexibility index (Phi) is 3.13. The molecular weight excluding hydrogens is 234 g/mol. The Hall–Kier alpha value is -1.20. The van der Waals surface area contributed by atoms with E-state index < -0.39 is 0 Å². The van der Waals surface area contributed by atoms with Crippen LogP contribution in [0, 0.1) is 0 Å². The van der Waals surface area contributed by atoms with Crippen LogP contribution in [0.2, 0.25) is 0 Å². The number of nitrogens with zero attached hydrogens (tertiary/aromatic N) is 3. The van der Waals surface area contributed by atoms with Crippen LogP contribution in [0.5, 0.6) is 5.88 Å². The SMILES string of the molecule is COc1cc(-c2ncc(CCl)s2)ncn1. The van der Waals surface area contributed by atoms with Gasteiger partial charge < -0.3 is 4.74 Å². The average molecular weight is 242 g/mol. The summed E-state index contributed by atoms with van der Waals surface area (Å²) in [6.07, 6.45) is 3.21. The van der Waals surface area contributed by atoms with Gasteiger partial charge in [0.2, 0.25) is 5.88 Å². The van der Waals surface area contributed by atoms with E-state index >= 15 is 0 Å². The number of alkyl halides is 1. The van der Waals surface area contributed by atoms with Gasteiger partial charge in [-0.3, -0.25) is 0 Å². The van der Waals surface area contributed by atoms with Crippen molar-refractivity contribution in [3.63, 3.8) is 0 Å². The molecule has 0 N–H and O–H groups in total. The summed E-state index contributed by atoms with van der Waals surface area (Å²) in [7, 11) is 1.57. The van der Waals surface area contributed by atoms with Gasteiger partial charge in [-0.15, -0.1) is 22.9 Å². The van der Waals surface area contributed by atoms with Crippen molar-refractivity contribution in [2.24, 2.45) is 0 Å². The Morgan fingerprint density at radius 3 is 2.93 bits per heavy atom. The third-order valence-corrected chi connectivity index (χ3v) is 3.22. The molecule has 0 aliphatic rings. The van der Waals surface area contributed by atoms with E-state index in [0.29, 0.717) is 11.8 Å². The molecule has 15 heavy (non-hydrogen) atoms. The third kappa shape index (κ3) is 2.24. The number of hydrogen-bond acceptors (Lipinski definition) is 5. The maximum atomic E-state index is 5.70. The van der Waals surface area contributed by atoms with Crippen molar-refractivity contribution in [1.29, 1.82) is 0 Å². The number of ether oxygens (including phenoxy) is 1. The molecule has 4 nitrogen and oxygen atoms in total. The fourth-order valence-electron chi connectivity index (χ4n) is 1.06. The number of aromatic nitrogens is 3. The van der Waals surface area contributed by atoms with Gasteiger partial charge in [0.05, 0.1) is 13.0 Å². The first kappa shape index (κ1) is 10.3. The second-order valence-corrected chi connectivity index (χ2v) is 4.09. The van der Waals surface area contributed by atoms with E-state index in [1.165, 1.54) is 17.7 Å². The molecule has 2 aromatic heterocycles. The van der Waals surface area contributed by atoms with Crippen molar-refractivity contribution in [2.75, 3.05) is 7.11 Å². The molecule has 0 spiro atoms. The molecule has 0 saturated heterocycles. The maximum Gasteiger partial charge on any atom is 0.216 e. The molecule has 0 amide bonds. The topological polar surface area (TPSA) is 47.9 Å². The van der Waals surface area contributed by atoms with Gasteiger partial charge in [-0.2, -0.15) is 0 Å². The van der Waals surface area contributed by atoms with Gasteiger partial charge in [0.25, 0.3) is 0 Å². The number of rotatable bonds is 3. The molecule has 6 heteroatoms. The minimum absolute atomic E-state index is 0.472. The maximum absolute atomic E-state index is 5.70. The average Bonchev–Trinajstić information content (AvgIpc) is 2.78. The first-order valence-corrected chi connectivity index (χ1v) is 5.55. The number of methoxy groups -OCH3 is 1. The van der Waals surface area contributed by atoms with E-state index in [1.807, 2.05) is 0 Å². The molecule has 0 bridgehead atoms. The van der Waals surface area contributed by atoms with Crippen LogP contribution in [0.4, 0.5) is 0 Å². The van der Waals surface area contributed by atoms with E-state index in [1.54, 1.807) is 19.4 Å². The van der Waals surface area contributed by atoms with Crippen LogP contribution in [-0.4, -0.2) is 22.1 Å². The molecule has 0 fully saturated rings. The summed E-state index contributed by atoms with van der Waals surface area (Å²) in [4.78, 5) is 13.3. The van der Waals surface area contributed by atoms with E-state index in [9.17, 15) is 0 Å². The lowest BCUT2D eigenvalue weighted by Crippen LogP contribution is -1.90. The molecule has 78 valence electrons. The second kappa shape index (κ2) is 4.55. The Bertz CT molecular complexity index is 460. The molecule has 0 aliphatic heterocycles. The molecule has 2 rings (SSSR count). The predicted molar refractivity (Wildman–Crippen MR) is 59.2 cm³/mol. The Labute approximate surface area is 95.9 Å². The highest BCUT2D eigenvalue weighted by Gasteiger charge is 2.06. The fourth-order valence-corrected chi connectivity index (χ4v) is 2.02. The van der Waals surface area contributed by atoms with Crippen LogP contribution in [0.25, 0.3) is 10.7 Å². The van der Waals surface area contributed by atoms with Crippen molar-refractivity contribution in [1.82, 2.24) is 15.0 Å². The lowest BCUT2D eigenvalue weighted by Gasteiger charge is -1.98. The van der Waals surface area contributed by atoms with Crippen LogP contribution in [0.15, 0.2) is 18.6 Å². The minimum atomic E-state index is 0.472. The highest BCUT2D eigenvalue weighted by molar-refractivity contribution is 7.15. The second-order valence-electron chi connectivity index (χ2n) is 2.71. The largest absolute Gasteiger partial charge is 0.481 e. The molecule has 0 unspecified atom stereocenters. The van der Waals surface area contributed by atoms with Crippen molar-refractivity contribution in [3.8, 4) is 16.6 Å². The molecule has 0 radical (unpaired) electrons. The van der Waals surface area contributed by atoms with E-state index in [2.05, 4.69) is 15.0 Å². The first-order chi connectivity index (χ1) is 7.33. The highest BCUT2D eigenvalue weighted by Crippen LogP contribution is 2.25. The fraction of sp³-hybridized carbons (Fsp3) is 0.222. The lowest BCUT2D eigenvalue weighted by molar-refractivity contribution is 0.397. The Morgan fingerprint density at radius 2 is 2.27 bits per heavy atom. The van der Waals surface area contributed by atoms with Gasteiger partial charge in [0, 0.05) is 17.1 Å². The van der Waals surface area contributed by atoms with E-state index in [-0.39, 0.29) is 0 Å². The van der Waals surface area contributed by atoms with Crippen LogP contribution in [0.3, 0.4) is 0 Å². The summed E-state index contributed by atoms with van der Waals surface area (Å²) in [6, 6.07) is 1.75. The van der Waals surface area contributed by atoms with Gasteiger partial charge in [0.15, 0.2) is 0 Å². The predicted octanol–water partition coefficient (Wildman–Crippen LogP) is 2.35.